The fourth-order valence-corrected chi connectivity index (χ4v) is 3.65. The third-order valence-electron chi connectivity index (χ3n) is 4.39. The van der Waals surface area contributed by atoms with Crippen molar-refractivity contribution in [1.82, 2.24) is 5.32 Å². The molecule has 3 N–H and O–H groups in total. The van der Waals surface area contributed by atoms with E-state index >= 15 is 0 Å². The molecule has 3 rings (SSSR count). The van der Waals surface area contributed by atoms with Crippen LogP contribution in [-0.4, -0.2) is 30.0 Å². The Bertz CT molecular complexity index is 592. The summed E-state index contributed by atoms with van der Waals surface area (Å²) in [6.45, 7) is 1.81. The lowest BCUT2D eigenvalue weighted by molar-refractivity contribution is -0.124. The van der Waals surface area contributed by atoms with Crippen molar-refractivity contribution in [3.8, 4) is 0 Å². The number of carbonyl (C=O) groups excluding carboxylic acids is 1. The van der Waals surface area contributed by atoms with E-state index in [4.69, 9.17) is 29.6 Å². The molecule has 0 spiro atoms. The number of amides is 1. The van der Waals surface area contributed by atoms with Crippen molar-refractivity contribution in [2.45, 2.75) is 25.3 Å². The highest BCUT2D eigenvalue weighted by molar-refractivity contribution is 7.80. The third kappa shape index (κ3) is 2.99. The Balaban J connectivity index is 1.82. The second kappa shape index (κ2) is 5.81. The second-order valence-corrected chi connectivity index (χ2v) is 6.61. The molecular formula is C15H18ClN3OS. The van der Waals surface area contributed by atoms with E-state index in [0.29, 0.717) is 28.4 Å². The van der Waals surface area contributed by atoms with Gasteiger partial charge in [0.05, 0.1) is 0 Å². The van der Waals surface area contributed by atoms with Gasteiger partial charge in [0.15, 0.2) is 0 Å². The van der Waals surface area contributed by atoms with E-state index in [9.17, 15) is 4.79 Å². The normalized spacial score (nSPS) is 25.2. The number of piperidine rings is 2. The van der Waals surface area contributed by atoms with Crippen molar-refractivity contribution in [2.75, 3.05) is 18.0 Å². The van der Waals surface area contributed by atoms with Crippen molar-refractivity contribution < 1.29 is 4.79 Å². The molecule has 0 bridgehead atoms. The first kappa shape index (κ1) is 14.6. The minimum atomic E-state index is 0.181. The van der Waals surface area contributed by atoms with Crippen LogP contribution in [-0.2, 0) is 4.79 Å². The summed E-state index contributed by atoms with van der Waals surface area (Å²) in [7, 11) is 0. The highest BCUT2D eigenvalue weighted by atomic mass is 35.5. The number of nitrogens with zero attached hydrogens (tertiary/aromatic N) is 1. The highest BCUT2D eigenvalue weighted by Gasteiger charge is 2.34. The summed E-state index contributed by atoms with van der Waals surface area (Å²) >= 11 is 11.2. The maximum Gasteiger partial charge on any atom is 0.220 e. The number of hydrogen-bond acceptors (Lipinski definition) is 3. The quantitative estimate of drug-likeness (QED) is 0.818. The Labute approximate surface area is 134 Å². The first-order valence-corrected chi connectivity index (χ1v) is 7.97. The zero-order chi connectivity index (χ0) is 15.0. The molecule has 2 heterocycles. The topological polar surface area (TPSA) is 58.4 Å². The fraction of sp³-hybridized carbons (Fsp3) is 0.467. The number of rotatable bonds is 2. The Hall–Kier alpha value is -1.33. The first-order valence-electron chi connectivity index (χ1n) is 7.18. The van der Waals surface area contributed by atoms with E-state index in [1.807, 2.05) is 18.2 Å². The first-order chi connectivity index (χ1) is 10.0. The van der Waals surface area contributed by atoms with E-state index in [1.54, 1.807) is 0 Å². The number of fused-ring (bicyclic) bond motifs is 1. The summed E-state index contributed by atoms with van der Waals surface area (Å²) in [5.41, 5.74) is 7.70. The van der Waals surface area contributed by atoms with Crippen molar-refractivity contribution in [1.29, 1.82) is 0 Å². The monoisotopic (exact) mass is 323 g/mol. The van der Waals surface area contributed by atoms with Crippen LogP contribution in [0.25, 0.3) is 0 Å². The summed E-state index contributed by atoms with van der Waals surface area (Å²) in [6.07, 6.45) is 2.52. The van der Waals surface area contributed by atoms with Gasteiger partial charge in [0, 0.05) is 41.8 Å². The van der Waals surface area contributed by atoms with Gasteiger partial charge in [-0.2, -0.15) is 0 Å². The van der Waals surface area contributed by atoms with E-state index in [-0.39, 0.29) is 5.91 Å². The van der Waals surface area contributed by atoms with E-state index in [1.165, 1.54) is 0 Å². The summed E-state index contributed by atoms with van der Waals surface area (Å²) in [6, 6.07) is 5.99. The maximum absolute atomic E-state index is 11.5. The van der Waals surface area contributed by atoms with E-state index in [0.717, 1.165) is 37.2 Å². The smallest absolute Gasteiger partial charge is 0.220 e. The van der Waals surface area contributed by atoms with Crippen LogP contribution < -0.4 is 16.0 Å². The van der Waals surface area contributed by atoms with Crippen LogP contribution in [0.2, 0.25) is 5.02 Å². The summed E-state index contributed by atoms with van der Waals surface area (Å²) in [4.78, 5) is 14.2. The van der Waals surface area contributed by atoms with Crippen LogP contribution >= 0.6 is 23.8 Å². The summed E-state index contributed by atoms with van der Waals surface area (Å²) in [5.74, 6) is 0.673. The average Bonchev–Trinajstić information content (AvgIpc) is 2.46. The molecule has 0 aromatic heterocycles. The number of carbonyl (C=O) groups is 1. The molecule has 2 aliphatic rings. The Morgan fingerprint density at radius 3 is 3.00 bits per heavy atom. The average molecular weight is 324 g/mol. The molecule has 4 nitrogen and oxygen atoms in total. The van der Waals surface area contributed by atoms with Gasteiger partial charge in [0.1, 0.15) is 4.99 Å². The van der Waals surface area contributed by atoms with E-state index < -0.39 is 0 Å². The molecule has 2 fully saturated rings. The number of halogens is 1. The van der Waals surface area contributed by atoms with Crippen LogP contribution in [0, 0.1) is 5.92 Å². The van der Waals surface area contributed by atoms with Gasteiger partial charge < -0.3 is 16.0 Å². The van der Waals surface area contributed by atoms with Gasteiger partial charge in [0.2, 0.25) is 5.91 Å². The van der Waals surface area contributed by atoms with Crippen LogP contribution in [0.1, 0.15) is 24.8 Å². The number of anilines is 1. The highest BCUT2D eigenvalue weighted by Crippen LogP contribution is 2.31. The molecule has 0 saturated carbocycles. The lowest BCUT2D eigenvalue weighted by Gasteiger charge is -2.42. The van der Waals surface area contributed by atoms with Gasteiger partial charge in [-0.05, 0) is 37.0 Å². The minimum Gasteiger partial charge on any atom is -0.389 e. The lowest BCUT2D eigenvalue weighted by atomic mass is 9.85. The third-order valence-corrected chi connectivity index (χ3v) is 4.84. The number of benzene rings is 1. The predicted molar refractivity (Wildman–Crippen MR) is 88.8 cm³/mol. The molecule has 2 saturated heterocycles. The Morgan fingerprint density at radius 1 is 1.43 bits per heavy atom. The number of nitrogens with two attached hydrogens (primary N) is 1. The van der Waals surface area contributed by atoms with Gasteiger partial charge in [-0.1, -0.05) is 23.8 Å². The van der Waals surface area contributed by atoms with Gasteiger partial charge in [-0.3, -0.25) is 4.79 Å². The maximum atomic E-state index is 11.5. The molecule has 112 valence electrons. The van der Waals surface area contributed by atoms with Crippen LogP contribution in [0.3, 0.4) is 0 Å². The van der Waals surface area contributed by atoms with Crippen molar-refractivity contribution in [3.05, 3.63) is 28.8 Å². The van der Waals surface area contributed by atoms with Crippen molar-refractivity contribution in [2.24, 2.45) is 11.7 Å². The van der Waals surface area contributed by atoms with Gasteiger partial charge in [-0.15, -0.1) is 0 Å². The van der Waals surface area contributed by atoms with Gasteiger partial charge in [-0.25, -0.2) is 0 Å². The van der Waals surface area contributed by atoms with Crippen molar-refractivity contribution in [3.63, 3.8) is 0 Å². The molecule has 0 radical (unpaired) electrons. The van der Waals surface area contributed by atoms with Crippen molar-refractivity contribution >= 4 is 40.4 Å². The van der Waals surface area contributed by atoms with E-state index in [2.05, 4.69) is 10.2 Å². The molecule has 1 aromatic carbocycles. The molecule has 2 atom stereocenters. The molecule has 2 unspecified atom stereocenters. The molecule has 6 heteroatoms. The van der Waals surface area contributed by atoms with Crippen LogP contribution in [0.5, 0.6) is 0 Å². The SMILES string of the molecule is NC(=S)c1cc(Cl)ccc1N1CCC2NC(=O)CCC2C1. The molecule has 2 aliphatic heterocycles. The van der Waals surface area contributed by atoms with Crippen LogP contribution in [0.15, 0.2) is 18.2 Å². The second-order valence-electron chi connectivity index (χ2n) is 5.73. The molecule has 21 heavy (non-hydrogen) atoms. The van der Waals surface area contributed by atoms with Gasteiger partial charge >= 0.3 is 0 Å². The number of thiocarbonyl (C=S) groups is 1. The molecule has 1 aromatic rings. The Kier molecular flexibility index (Phi) is 4.04. The minimum absolute atomic E-state index is 0.181. The fourth-order valence-electron chi connectivity index (χ4n) is 3.31. The molecular weight excluding hydrogens is 306 g/mol. The lowest BCUT2D eigenvalue weighted by Crippen LogP contribution is -2.54. The standard InChI is InChI=1S/C15H18ClN3OS/c16-10-2-3-13(11(7-10)15(17)21)19-6-5-12-9(8-19)1-4-14(20)18-12/h2-3,7,9,12H,1,4-6,8H2,(H2,17,21)(H,18,20). The molecule has 1 amide bonds. The Morgan fingerprint density at radius 2 is 2.24 bits per heavy atom. The summed E-state index contributed by atoms with van der Waals surface area (Å²) in [5, 5.41) is 3.74. The predicted octanol–water partition coefficient (Wildman–Crippen LogP) is 2.08. The number of nitrogens with one attached hydrogen (secondary N) is 1. The van der Waals surface area contributed by atoms with Gasteiger partial charge in [0.25, 0.3) is 0 Å². The van der Waals surface area contributed by atoms with Crippen LogP contribution in [0.4, 0.5) is 5.69 Å². The number of hydrogen-bond donors (Lipinski definition) is 2. The largest absolute Gasteiger partial charge is 0.389 e. The zero-order valence-corrected chi connectivity index (χ0v) is 13.2. The molecule has 0 aliphatic carbocycles. The summed E-state index contributed by atoms with van der Waals surface area (Å²) < 4.78 is 0. The zero-order valence-electron chi connectivity index (χ0n) is 11.6.